The zero-order chi connectivity index (χ0) is 12.0. The van der Waals surface area contributed by atoms with Crippen molar-refractivity contribution in [1.29, 1.82) is 0 Å². The standard InChI is InChI=1S/C13H27NO2/c1-4-11(5-7-15)14-12-6-8-16-13(9-12)10(2)3/h10-15H,4-9H2,1-3H3. The van der Waals surface area contributed by atoms with Crippen LogP contribution in [0.3, 0.4) is 0 Å². The van der Waals surface area contributed by atoms with Crippen molar-refractivity contribution in [1.82, 2.24) is 5.32 Å². The van der Waals surface area contributed by atoms with E-state index in [-0.39, 0.29) is 6.61 Å². The molecule has 1 heterocycles. The van der Waals surface area contributed by atoms with E-state index in [2.05, 4.69) is 26.1 Å². The van der Waals surface area contributed by atoms with Crippen molar-refractivity contribution >= 4 is 0 Å². The number of hydrogen-bond acceptors (Lipinski definition) is 3. The molecule has 0 aromatic carbocycles. The molecular weight excluding hydrogens is 202 g/mol. The second kappa shape index (κ2) is 7.25. The van der Waals surface area contributed by atoms with Gasteiger partial charge in [0.15, 0.2) is 0 Å². The molecule has 1 saturated heterocycles. The van der Waals surface area contributed by atoms with Crippen molar-refractivity contribution in [3.05, 3.63) is 0 Å². The van der Waals surface area contributed by atoms with Gasteiger partial charge in [0.05, 0.1) is 6.10 Å². The predicted molar refractivity (Wildman–Crippen MR) is 66.5 cm³/mol. The maximum absolute atomic E-state index is 8.97. The summed E-state index contributed by atoms with van der Waals surface area (Å²) in [5.74, 6) is 0.600. The summed E-state index contributed by atoms with van der Waals surface area (Å²) in [7, 11) is 0. The fourth-order valence-corrected chi connectivity index (χ4v) is 2.34. The summed E-state index contributed by atoms with van der Waals surface area (Å²) in [6.07, 6.45) is 4.56. The van der Waals surface area contributed by atoms with E-state index < -0.39 is 0 Å². The maximum Gasteiger partial charge on any atom is 0.0612 e. The molecule has 1 aliphatic heterocycles. The van der Waals surface area contributed by atoms with Gasteiger partial charge >= 0.3 is 0 Å². The highest BCUT2D eigenvalue weighted by molar-refractivity contribution is 4.81. The van der Waals surface area contributed by atoms with Crippen LogP contribution in [0.5, 0.6) is 0 Å². The molecule has 0 amide bonds. The van der Waals surface area contributed by atoms with Crippen LogP contribution < -0.4 is 5.32 Å². The van der Waals surface area contributed by atoms with Gasteiger partial charge in [-0.05, 0) is 31.6 Å². The molecule has 0 aromatic rings. The number of nitrogens with one attached hydrogen (secondary N) is 1. The van der Waals surface area contributed by atoms with Crippen molar-refractivity contribution in [3.63, 3.8) is 0 Å². The molecule has 0 saturated carbocycles. The topological polar surface area (TPSA) is 41.5 Å². The Morgan fingerprint density at radius 1 is 1.44 bits per heavy atom. The second-order valence-electron chi connectivity index (χ2n) is 5.16. The minimum absolute atomic E-state index is 0.280. The summed E-state index contributed by atoms with van der Waals surface area (Å²) in [5.41, 5.74) is 0. The summed E-state index contributed by atoms with van der Waals surface area (Å²) in [5, 5.41) is 12.6. The van der Waals surface area contributed by atoms with Crippen molar-refractivity contribution in [3.8, 4) is 0 Å². The molecule has 3 atom stereocenters. The van der Waals surface area contributed by atoms with E-state index in [1.54, 1.807) is 0 Å². The lowest BCUT2D eigenvalue weighted by Crippen LogP contribution is -2.45. The Labute approximate surface area is 99.6 Å². The van der Waals surface area contributed by atoms with Crippen molar-refractivity contribution in [2.45, 2.75) is 64.6 Å². The second-order valence-corrected chi connectivity index (χ2v) is 5.16. The Kier molecular flexibility index (Phi) is 6.32. The van der Waals surface area contributed by atoms with Gasteiger partial charge < -0.3 is 15.2 Å². The number of aliphatic hydroxyl groups excluding tert-OH is 1. The molecule has 3 nitrogen and oxygen atoms in total. The van der Waals surface area contributed by atoms with E-state index in [1.807, 2.05) is 0 Å². The number of rotatable bonds is 6. The first-order valence-electron chi connectivity index (χ1n) is 6.65. The third-order valence-corrected chi connectivity index (χ3v) is 3.50. The van der Waals surface area contributed by atoms with Crippen LogP contribution in [0.2, 0.25) is 0 Å². The summed E-state index contributed by atoms with van der Waals surface area (Å²) in [6.45, 7) is 7.77. The Bertz CT molecular complexity index is 185. The van der Waals surface area contributed by atoms with E-state index in [0.29, 0.717) is 24.1 Å². The van der Waals surface area contributed by atoms with Gasteiger partial charge in [0.1, 0.15) is 0 Å². The molecule has 0 aromatic heterocycles. The quantitative estimate of drug-likeness (QED) is 0.731. The highest BCUT2D eigenvalue weighted by atomic mass is 16.5. The van der Waals surface area contributed by atoms with Crippen LogP contribution in [-0.2, 0) is 4.74 Å². The summed E-state index contributed by atoms with van der Waals surface area (Å²) >= 11 is 0. The molecule has 0 aliphatic carbocycles. The van der Waals surface area contributed by atoms with Gasteiger partial charge in [-0.3, -0.25) is 0 Å². The SMILES string of the molecule is CCC(CCO)NC1CCOC(C(C)C)C1. The molecule has 3 unspecified atom stereocenters. The van der Waals surface area contributed by atoms with Gasteiger partial charge in [-0.2, -0.15) is 0 Å². The van der Waals surface area contributed by atoms with Gasteiger partial charge in [0, 0.05) is 25.3 Å². The summed E-state index contributed by atoms with van der Waals surface area (Å²) in [6, 6.07) is 1.03. The molecule has 2 N–H and O–H groups in total. The molecule has 16 heavy (non-hydrogen) atoms. The number of hydrogen-bond donors (Lipinski definition) is 2. The van der Waals surface area contributed by atoms with E-state index in [0.717, 1.165) is 32.3 Å². The molecule has 1 aliphatic rings. The average Bonchev–Trinajstić information content (AvgIpc) is 2.29. The van der Waals surface area contributed by atoms with E-state index >= 15 is 0 Å². The zero-order valence-electron chi connectivity index (χ0n) is 10.9. The summed E-state index contributed by atoms with van der Waals surface area (Å²) < 4.78 is 5.76. The maximum atomic E-state index is 8.97. The molecule has 1 fully saturated rings. The minimum atomic E-state index is 0.280. The Morgan fingerprint density at radius 2 is 2.19 bits per heavy atom. The van der Waals surface area contributed by atoms with E-state index in [1.165, 1.54) is 0 Å². The molecule has 3 heteroatoms. The van der Waals surface area contributed by atoms with Crippen LogP contribution >= 0.6 is 0 Å². The van der Waals surface area contributed by atoms with Gasteiger partial charge in [-0.1, -0.05) is 20.8 Å². The zero-order valence-corrected chi connectivity index (χ0v) is 10.9. The molecule has 96 valence electrons. The largest absolute Gasteiger partial charge is 0.396 e. The fraction of sp³-hybridized carbons (Fsp3) is 1.00. The van der Waals surface area contributed by atoms with Crippen molar-refractivity contribution in [2.75, 3.05) is 13.2 Å². The van der Waals surface area contributed by atoms with Crippen LogP contribution in [0.1, 0.15) is 46.5 Å². The van der Waals surface area contributed by atoms with E-state index in [4.69, 9.17) is 9.84 Å². The highest BCUT2D eigenvalue weighted by Gasteiger charge is 2.25. The Balaban J connectivity index is 2.35. The average molecular weight is 229 g/mol. The molecule has 0 bridgehead atoms. The first-order chi connectivity index (χ1) is 7.67. The first kappa shape index (κ1) is 13.9. The molecular formula is C13H27NO2. The van der Waals surface area contributed by atoms with Gasteiger partial charge in [-0.15, -0.1) is 0 Å². The van der Waals surface area contributed by atoms with Crippen molar-refractivity contribution in [2.24, 2.45) is 5.92 Å². The number of aliphatic hydroxyl groups is 1. The number of ether oxygens (including phenoxy) is 1. The molecule has 0 radical (unpaired) electrons. The van der Waals surface area contributed by atoms with Crippen LogP contribution in [-0.4, -0.2) is 36.5 Å². The van der Waals surface area contributed by atoms with Gasteiger partial charge in [-0.25, -0.2) is 0 Å². The van der Waals surface area contributed by atoms with Gasteiger partial charge in [0.25, 0.3) is 0 Å². The monoisotopic (exact) mass is 229 g/mol. The molecule has 0 spiro atoms. The summed E-state index contributed by atoms with van der Waals surface area (Å²) in [4.78, 5) is 0. The lowest BCUT2D eigenvalue weighted by Gasteiger charge is -2.34. The van der Waals surface area contributed by atoms with Crippen LogP contribution in [0, 0.1) is 5.92 Å². The Hall–Kier alpha value is -0.120. The third kappa shape index (κ3) is 4.40. The van der Waals surface area contributed by atoms with Crippen molar-refractivity contribution < 1.29 is 9.84 Å². The lowest BCUT2D eigenvalue weighted by molar-refractivity contribution is -0.0263. The highest BCUT2D eigenvalue weighted by Crippen LogP contribution is 2.21. The van der Waals surface area contributed by atoms with Crippen LogP contribution in [0.15, 0.2) is 0 Å². The predicted octanol–water partition coefficient (Wildman–Crippen LogP) is 1.94. The normalized spacial score (nSPS) is 28.3. The van der Waals surface area contributed by atoms with Gasteiger partial charge in [0.2, 0.25) is 0 Å². The minimum Gasteiger partial charge on any atom is -0.396 e. The smallest absolute Gasteiger partial charge is 0.0612 e. The first-order valence-corrected chi connectivity index (χ1v) is 6.65. The van der Waals surface area contributed by atoms with E-state index in [9.17, 15) is 0 Å². The van der Waals surface area contributed by atoms with Crippen LogP contribution in [0.4, 0.5) is 0 Å². The Morgan fingerprint density at radius 3 is 2.75 bits per heavy atom. The third-order valence-electron chi connectivity index (χ3n) is 3.50. The lowest BCUT2D eigenvalue weighted by atomic mass is 9.94. The fourth-order valence-electron chi connectivity index (χ4n) is 2.34. The molecule has 1 rings (SSSR count). The van der Waals surface area contributed by atoms with Crippen LogP contribution in [0.25, 0.3) is 0 Å².